The highest BCUT2D eigenvalue weighted by Crippen LogP contribution is 2.41. The lowest BCUT2D eigenvalue weighted by atomic mass is 10.2. The number of sulfonamides is 1. The Morgan fingerprint density at radius 2 is 1.34 bits per heavy atom. The van der Waals surface area contributed by atoms with Crippen molar-refractivity contribution in [3.8, 4) is 22.3 Å². The second-order valence-corrected chi connectivity index (χ2v) is 12.3. The highest BCUT2D eigenvalue weighted by Gasteiger charge is 2.29. The standard InChI is InChI=1S/C28H29ClN2O5S2/c1-30(2)22-6-5-7-25(16-22)36-28-26(29)17-27(37-28)38(32,33)31(18-20-8-12-23(34-3)13-9-20)19-21-10-14-24(35-4)15-11-21/h5-17H,18-19H2,1-4H3. The maximum atomic E-state index is 13.9. The molecule has 3 aromatic carbocycles. The van der Waals surface area contributed by atoms with E-state index in [2.05, 4.69) is 0 Å². The number of benzene rings is 3. The monoisotopic (exact) mass is 572 g/mol. The molecule has 0 saturated heterocycles. The molecule has 0 bridgehead atoms. The lowest BCUT2D eigenvalue weighted by Gasteiger charge is -2.22. The molecule has 0 aliphatic carbocycles. The van der Waals surface area contributed by atoms with Crippen LogP contribution < -0.4 is 19.1 Å². The lowest BCUT2D eigenvalue weighted by Crippen LogP contribution is -2.29. The van der Waals surface area contributed by atoms with Crippen LogP contribution in [0.5, 0.6) is 22.3 Å². The van der Waals surface area contributed by atoms with Gasteiger partial charge in [0.1, 0.15) is 21.5 Å². The maximum absolute atomic E-state index is 13.9. The van der Waals surface area contributed by atoms with Gasteiger partial charge in [-0.3, -0.25) is 0 Å². The van der Waals surface area contributed by atoms with Crippen molar-refractivity contribution in [2.45, 2.75) is 17.3 Å². The first-order valence-electron chi connectivity index (χ1n) is 11.7. The summed E-state index contributed by atoms with van der Waals surface area (Å²) in [6, 6.07) is 23.6. The molecule has 10 heteroatoms. The van der Waals surface area contributed by atoms with E-state index < -0.39 is 10.0 Å². The van der Waals surface area contributed by atoms with Gasteiger partial charge in [-0.15, -0.1) is 0 Å². The van der Waals surface area contributed by atoms with Gasteiger partial charge < -0.3 is 19.1 Å². The number of halogens is 1. The van der Waals surface area contributed by atoms with Crippen molar-refractivity contribution >= 4 is 38.6 Å². The highest BCUT2D eigenvalue weighted by molar-refractivity contribution is 7.91. The van der Waals surface area contributed by atoms with Gasteiger partial charge in [0.25, 0.3) is 10.0 Å². The summed E-state index contributed by atoms with van der Waals surface area (Å²) in [6.07, 6.45) is 0. The summed E-state index contributed by atoms with van der Waals surface area (Å²) in [5.41, 5.74) is 2.60. The summed E-state index contributed by atoms with van der Waals surface area (Å²) in [6.45, 7) is 0.323. The van der Waals surface area contributed by atoms with E-state index in [-0.39, 0.29) is 22.3 Å². The molecule has 0 radical (unpaired) electrons. The van der Waals surface area contributed by atoms with Crippen molar-refractivity contribution in [2.75, 3.05) is 33.2 Å². The molecular formula is C28H29ClN2O5S2. The summed E-state index contributed by atoms with van der Waals surface area (Å²) < 4.78 is 45.8. The molecule has 0 saturated carbocycles. The van der Waals surface area contributed by atoms with Crippen molar-refractivity contribution in [2.24, 2.45) is 0 Å². The van der Waals surface area contributed by atoms with Crippen LogP contribution in [0.2, 0.25) is 5.02 Å². The topological polar surface area (TPSA) is 68.3 Å². The van der Waals surface area contributed by atoms with E-state index in [1.165, 1.54) is 10.4 Å². The molecule has 0 aliphatic rings. The zero-order valence-electron chi connectivity index (χ0n) is 21.5. The van der Waals surface area contributed by atoms with Crippen molar-refractivity contribution in [1.82, 2.24) is 4.31 Å². The van der Waals surface area contributed by atoms with Crippen LogP contribution in [0.15, 0.2) is 83.1 Å². The highest BCUT2D eigenvalue weighted by atomic mass is 35.5. The fourth-order valence-electron chi connectivity index (χ4n) is 3.68. The summed E-state index contributed by atoms with van der Waals surface area (Å²) >= 11 is 7.46. The second kappa shape index (κ2) is 12.1. The Labute approximate surface area is 232 Å². The molecule has 4 aromatic rings. The summed E-state index contributed by atoms with van der Waals surface area (Å²) in [4.78, 5) is 1.95. The third-order valence-corrected chi connectivity index (χ3v) is 9.45. The Hall–Kier alpha value is -3.24. The number of methoxy groups -OCH3 is 2. The zero-order valence-corrected chi connectivity index (χ0v) is 23.9. The molecule has 0 spiro atoms. The van der Waals surface area contributed by atoms with Gasteiger partial charge in [0.2, 0.25) is 5.06 Å². The third-order valence-electron chi connectivity index (χ3n) is 5.81. The quantitative estimate of drug-likeness (QED) is 0.200. The Kier molecular flexibility index (Phi) is 8.83. The molecule has 4 rings (SSSR count). The van der Waals surface area contributed by atoms with Gasteiger partial charge in [0.05, 0.1) is 19.2 Å². The molecule has 0 N–H and O–H groups in total. The van der Waals surface area contributed by atoms with E-state index in [1.807, 2.05) is 85.7 Å². The van der Waals surface area contributed by atoms with E-state index in [1.54, 1.807) is 20.3 Å². The van der Waals surface area contributed by atoms with Crippen LogP contribution in [0, 0.1) is 0 Å². The minimum absolute atomic E-state index is 0.100. The molecule has 1 aromatic heterocycles. The molecule has 0 atom stereocenters. The Balaban J connectivity index is 1.64. The van der Waals surface area contributed by atoms with E-state index in [4.69, 9.17) is 25.8 Å². The SMILES string of the molecule is COc1ccc(CN(Cc2ccc(OC)cc2)S(=O)(=O)c2cc(Cl)c(Oc3cccc(N(C)C)c3)s2)cc1. The van der Waals surface area contributed by atoms with Crippen LogP contribution in [-0.2, 0) is 23.1 Å². The number of thiophene rings is 1. The number of anilines is 1. The molecule has 0 aliphatic heterocycles. The van der Waals surface area contributed by atoms with Gasteiger partial charge in [-0.2, -0.15) is 4.31 Å². The normalized spacial score (nSPS) is 11.4. The van der Waals surface area contributed by atoms with Gasteiger partial charge in [-0.1, -0.05) is 53.3 Å². The largest absolute Gasteiger partial charge is 0.497 e. The predicted molar refractivity (Wildman–Crippen MR) is 153 cm³/mol. The second-order valence-electron chi connectivity index (χ2n) is 8.66. The van der Waals surface area contributed by atoms with E-state index >= 15 is 0 Å². The number of hydrogen-bond acceptors (Lipinski definition) is 7. The van der Waals surface area contributed by atoms with Crippen molar-refractivity contribution in [3.63, 3.8) is 0 Å². The summed E-state index contributed by atoms with van der Waals surface area (Å²) in [5, 5.41) is 0.549. The Bertz CT molecular complexity index is 1420. The number of nitrogens with zero attached hydrogens (tertiary/aromatic N) is 2. The molecule has 7 nitrogen and oxygen atoms in total. The van der Waals surface area contributed by atoms with Crippen LogP contribution in [-0.4, -0.2) is 41.0 Å². The van der Waals surface area contributed by atoms with Crippen LogP contribution in [0.3, 0.4) is 0 Å². The number of ether oxygens (including phenoxy) is 3. The van der Waals surface area contributed by atoms with Gasteiger partial charge in [0.15, 0.2) is 0 Å². The molecule has 38 heavy (non-hydrogen) atoms. The maximum Gasteiger partial charge on any atom is 0.253 e. The average molecular weight is 573 g/mol. The van der Waals surface area contributed by atoms with Crippen molar-refractivity contribution in [3.05, 3.63) is 95.0 Å². The van der Waals surface area contributed by atoms with Gasteiger partial charge in [-0.25, -0.2) is 8.42 Å². The Morgan fingerprint density at radius 1 is 0.789 bits per heavy atom. The molecule has 0 amide bonds. The minimum Gasteiger partial charge on any atom is -0.497 e. The Morgan fingerprint density at radius 3 is 1.84 bits per heavy atom. The first-order chi connectivity index (χ1) is 18.2. The van der Waals surface area contributed by atoms with E-state index in [0.717, 1.165) is 28.2 Å². The zero-order chi connectivity index (χ0) is 27.3. The lowest BCUT2D eigenvalue weighted by molar-refractivity contribution is 0.398. The predicted octanol–water partition coefficient (Wildman–Crippen LogP) is 6.67. The molecule has 200 valence electrons. The number of hydrogen-bond donors (Lipinski definition) is 0. The van der Waals surface area contributed by atoms with E-state index in [9.17, 15) is 8.42 Å². The van der Waals surface area contributed by atoms with E-state index in [0.29, 0.717) is 22.3 Å². The third kappa shape index (κ3) is 6.60. The van der Waals surface area contributed by atoms with Crippen molar-refractivity contribution < 1.29 is 22.6 Å². The first kappa shape index (κ1) is 27.8. The minimum atomic E-state index is -3.93. The molecule has 1 heterocycles. The van der Waals surface area contributed by atoms with Crippen LogP contribution in [0.1, 0.15) is 11.1 Å². The average Bonchev–Trinajstić information content (AvgIpc) is 3.30. The molecular weight excluding hydrogens is 544 g/mol. The smallest absolute Gasteiger partial charge is 0.253 e. The van der Waals surface area contributed by atoms with Gasteiger partial charge in [-0.05, 0) is 53.6 Å². The first-order valence-corrected chi connectivity index (χ1v) is 14.3. The summed E-state index contributed by atoms with van der Waals surface area (Å²) in [5.74, 6) is 1.96. The van der Waals surface area contributed by atoms with Gasteiger partial charge >= 0.3 is 0 Å². The van der Waals surface area contributed by atoms with Crippen LogP contribution in [0.4, 0.5) is 5.69 Å². The number of rotatable bonds is 11. The summed E-state index contributed by atoms with van der Waals surface area (Å²) in [7, 11) is 3.12. The molecule has 0 fully saturated rings. The van der Waals surface area contributed by atoms with Crippen molar-refractivity contribution in [1.29, 1.82) is 0 Å². The molecule has 0 unspecified atom stereocenters. The fraction of sp³-hybridized carbons (Fsp3) is 0.214. The fourth-order valence-corrected chi connectivity index (χ4v) is 6.85. The van der Waals surface area contributed by atoms with Crippen LogP contribution >= 0.6 is 22.9 Å². The van der Waals surface area contributed by atoms with Gasteiger partial charge in [0, 0.05) is 38.9 Å². The van der Waals surface area contributed by atoms with Crippen LogP contribution in [0.25, 0.3) is 0 Å².